The minimum atomic E-state index is -1.12. The van der Waals surface area contributed by atoms with Crippen molar-refractivity contribution < 1.29 is 72.0 Å². The summed E-state index contributed by atoms with van der Waals surface area (Å²) in [5, 5.41) is 22.9. The van der Waals surface area contributed by atoms with Gasteiger partial charge in [0.1, 0.15) is 25.2 Å². The second-order valence-electron chi connectivity index (χ2n) is 23.3. The molecule has 8 amide bonds. The molecule has 0 aromatic heterocycles. The smallest absolute Gasteiger partial charge is 0.413 e. The zero-order chi connectivity index (χ0) is 62.7. The number of ether oxygens (including phenoxy) is 4. The molecule has 0 bridgehead atoms. The van der Waals surface area contributed by atoms with E-state index in [2.05, 4.69) is 21.3 Å². The van der Waals surface area contributed by atoms with E-state index in [1.165, 1.54) is 33.4 Å². The Labute approximate surface area is 500 Å². The van der Waals surface area contributed by atoms with E-state index in [-0.39, 0.29) is 61.1 Å². The molecular formula is C62H92N8O15. The maximum Gasteiger partial charge on any atom is 0.413 e. The first-order valence-electron chi connectivity index (χ1n) is 29.9. The normalized spacial score (nSPS) is 19.8. The first kappa shape index (κ1) is 68.7. The Morgan fingerprint density at radius 1 is 0.800 bits per heavy atom. The third-order valence-electron chi connectivity index (χ3n) is 16.4. The number of amides is 8. The van der Waals surface area contributed by atoms with Gasteiger partial charge in [0.2, 0.25) is 23.6 Å². The number of hydrogen-bond acceptors (Lipinski definition) is 16. The van der Waals surface area contributed by atoms with E-state index in [1.807, 2.05) is 44.2 Å². The number of carbonyl (C=O) groups excluding carboxylic acids is 9. The van der Waals surface area contributed by atoms with E-state index >= 15 is 0 Å². The molecule has 23 heteroatoms. The summed E-state index contributed by atoms with van der Waals surface area (Å²) in [5.41, 5.74) is 1.16. The van der Waals surface area contributed by atoms with Crippen LogP contribution in [0.1, 0.15) is 143 Å². The number of aliphatic hydroxyl groups excluding tert-OH is 1. The lowest BCUT2D eigenvalue weighted by Crippen LogP contribution is -2.60. The number of benzene rings is 2. The van der Waals surface area contributed by atoms with Crippen LogP contribution in [0.25, 0.3) is 0 Å². The van der Waals surface area contributed by atoms with Crippen LogP contribution in [0.15, 0.2) is 60.7 Å². The van der Waals surface area contributed by atoms with Crippen LogP contribution >= 0.6 is 0 Å². The topological polar surface area (TPSA) is 281 Å². The van der Waals surface area contributed by atoms with Crippen molar-refractivity contribution in [2.45, 2.75) is 187 Å². The number of allylic oxidation sites excluding steroid dienone is 1. The van der Waals surface area contributed by atoms with Gasteiger partial charge in [-0.1, -0.05) is 116 Å². The molecule has 2 aromatic rings. The summed E-state index contributed by atoms with van der Waals surface area (Å²) in [6, 6.07) is 9.40. The van der Waals surface area contributed by atoms with Crippen LogP contribution in [0.2, 0.25) is 0 Å². The average molecular weight is 1190 g/mol. The van der Waals surface area contributed by atoms with E-state index in [0.717, 1.165) is 37.0 Å². The van der Waals surface area contributed by atoms with Crippen molar-refractivity contribution in [2.75, 3.05) is 46.7 Å². The number of likely N-dealkylation sites (N-methyl/N-ethyl adjacent to an activating group) is 2. The van der Waals surface area contributed by atoms with Gasteiger partial charge in [-0.15, -0.1) is 5.06 Å². The highest BCUT2D eigenvalue weighted by Crippen LogP contribution is 2.31. The van der Waals surface area contributed by atoms with E-state index in [9.17, 15) is 48.3 Å². The average Bonchev–Trinajstić information content (AvgIpc) is 4.29. The van der Waals surface area contributed by atoms with Crippen molar-refractivity contribution in [1.82, 2.24) is 35.7 Å². The predicted molar refractivity (Wildman–Crippen MR) is 316 cm³/mol. The molecule has 1 aliphatic carbocycles. The Hall–Kier alpha value is -7.11. The third-order valence-corrected chi connectivity index (χ3v) is 16.4. The van der Waals surface area contributed by atoms with Crippen LogP contribution in [0, 0.1) is 23.7 Å². The number of hydroxylamine groups is 2. The molecule has 2 aromatic carbocycles. The van der Waals surface area contributed by atoms with Gasteiger partial charge in [-0.2, -0.15) is 0 Å². The lowest BCUT2D eigenvalue weighted by molar-refractivity contribution is -0.196. The van der Waals surface area contributed by atoms with Crippen LogP contribution in [0.4, 0.5) is 15.3 Å². The highest BCUT2D eigenvalue weighted by atomic mass is 16.7. The van der Waals surface area contributed by atoms with Gasteiger partial charge in [0.25, 0.3) is 11.8 Å². The lowest BCUT2D eigenvalue weighted by atomic mass is 9.89. The van der Waals surface area contributed by atoms with Crippen LogP contribution in [0.5, 0.6) is 5.75 Å². The molecule has 85 heavy (non-hydrogen) atoms. The van der Waals surface area contributed by atoms with E-state index in [4.69, 9.17) is 23.8 Å². The number of hydrogen-bond donors (Lipinski definition) is 5. The van der Waals surface area contributed by atoms with Crippen molar-refractivity contribution in [3.63, 3.8) is 0 Å². The van der Waals surface area contributed by atoms with Gasteiger partial charge in [-0.3, -0.25) is 33.7 Å². The number of imide groups is 1. The van der Waals surface area contributed by atoms with Gasteiger partial charge in [-0.05, 0) is 80.0 Å². The maximum absolute atomic E-state index is 14.8. The summed E-state index contributed by atoms with van der Waals surface area (Å²) in [6.45, 7) is 14.0. The first-order valence-corrected chi connectivity index (χ1v) is 29.9. The van der Waals surface area contributed by atoms with Crippen molar-refractivity contribution in [1.29, 1.82) is 0 Å². The fourth-order valence-corrected chi connectivity index (χ4v) is 11.4. The summed E-state index contributed by atoms with van der Waals surface area (Å²) < 4.78 is 23.5. The van der Waals surface area contributed by atoms with Crippen molar-refractivity contribution in [3.05, 3.63) is 71.8 Å². The van der Waals surface area contributed by atoms with Gasteiger partial charge in [0, 0.05) is 47.7 Å². The molecule has 5 N–H and O–H groups in total. The zero-order valence-electron chi connectivity index (χ0n) is 51.6. The van der Waals surface area contributed by atoms with Crippen LogP contribution in [-0.2, 0) is 59.2 Å². The summed E-state index contributed by atoms with van der Waals surface area (Å²) in [4.78, 5) is 131. The van der Waals surface area contributed by atoms with E-state index in [1.54, 1.807) is 76.6 Å². The molecule has 2 saturated heterocycles. The highest BCUT2D eigenvalue weighted by Gasteiger charge is 2.44. The molecular weight excluding hydrogens is 1100 g/mol. The Balaban J connectivity index is 1.25. The largest absolute Gasteiger partial charge is 0.445 e. The SMILES string of the molecule is CC[C@H](C)[C@@H]([C@@H](CC(=O)N1CCC[C@H]1[C@H](OC)[C@@H](C)C(=O)N[C@H](C)[C@@H](O)c1ccccc1)OC)N(C)C(=O)[C@@H](NC(=O)[C@H](C(C)C)N(C)C(=O)OCc1ccc(OC(=O)NC2/C=C/CCCCC2)c(NCC(=O)ON2C(=O)CCC2=O)c1)C(C)C. The van der Waals surface area contributed by atoms with Gasteiger partial charge in [-0.25, -0.2) is 14.4 Å². The molecule has 3 aliphatic rings. The summed E-state index contributed by atoms with van der Waals surface area (Å²) in [5.74, 6) is -5.66. The molecule has 2 aliphatic heterocycles. The second-order valence-corrected chi connectivity index (χ2v) is 23.3. The van der Waals surface area contributed by atoms with Crippen LogP contribution in [0.3, 0.4) is 0 Å². The Morgan fingerprint density at radius 3 is 2.13 bits per heavy atom. The molecule has 0 radical (unpaired) electrons. The van der Waals surface area contributed by atoms with E-state index in [0.29, 0.717) is 42.0 Å². The number of methoxy groups -OCH3 is 2. The number of aliphatic hydroxyl groups is 1. The quantitative estimate of drug-likeness (QED) is 0.0445. The molecule has 0 spiro atoms. The van der Waals surface area contributed by atoms with Gasteiger partial charge >= 0.3 is 18.2 Å². The van der Waals surface area contributed by atoms with Gasteiger partial charge in [0.15, 0.2) is 5.75 Å². The second kappa shape index (κ2) is 33.0. The molecule has 470 valence electrons. The minimum Gasteiger partial charge on any atom is -0.445 e. The maximum atomic E-state index is 14.8. The highest BCUT2D eigenvalue weighted by molar-refractivity contribution is 6.01. The summed E-state index contributed by atoms with van der Waals surface area (Å²) >= 11 is 0. The molecule has 11 atom stereocenters. The van der Waals surface area contributed by atoms with Crippen molar-refractivity contribution in [3.8, 4) is 5.75 Å². The zero-order valence-corrected chi connectivity index (χ0v) is 51.6. The summed E-state index contributed by atoms with van der Waals surface area (Å²) in [6.07, 6.45) is 6.16. The fraction of sp³-hybridized carbons (Fsp3) is 0.629. The molecule has 23 nitrogen and oxygen atoms in total. The van der Waals surface area contributed by atoms with E-state index < -0.39 is 115 Å². The Morgan fingerprint density at radius 2 is 1.49 bits per heavy atom. The Kier molecular flexibility index (Phi) is 26.6. The molecule has 2 heterocycles. The van der Waals surface area contributed by atoms with Crippen LogP contribution < -0.4 is 26.0 Å². The van der Waals surface area contributed by atoms with Crippen LogP contribution in [-0.4, -0.2) is 168 Å². The third kappa shape index (κ3) is 18.9. The number of rotatable bonds is 28. The van der Waals surface area contributed by atoms with Crippen molar-refractivity contribution in [2.24, 2.45) is 23.7 Å². The number of nitrogens with zero attached hydrogens (tertiary/aromatic N) is 4. The van der Waals surface area contributed by atoms with Gasteiger partial charge < -0.3 is 60.0 Å². The number of likely N-dealkylation sites (tertiary alicyclic amines) is 1. The molecule has 5 rings (SSSR count). The summed E-state index contributed by atoms with van der Waals surface area (Å²) in [7, 11) is 6.05. The number of carbonyl (C=O) groups is 9. The fourth-order valence-electron chi connectivity index (χ4n) is 11.4. The van der Waals surface area contributed by atoms with Gasteiger partial charge in [0.05, 0.1) is 60.5 Å². The molecule has 0 saturated carbocycles. The number of anilines is 1. The lowest BCUT2D eigenvalue weighted by Gasteiger charge is -2.41. The molecule has 2 fully saturated rings. The standard InChI is InChI=1S/C62H92N8O15/c1-13-39(6)55(48(81-11)34-51(73)69-32-22-27-46(69)57(82-12)40(7)58(76)64-41(8)56(75)43-23-18-17-19-24-43)67(9)60(78)53(37(2)3)66-59(77)54(38(4)5)68(10)62(80)83-36-42-28-29-47(84-61(79)65-44-25-20-15-14-16-21-26-44)45(33-42)63-35-52(74)85-70-49(71)30-31-50(70)72/h17-20,23-25,28-29,33,37-41,44,46,48,53-57,63,75H,13-16,21-22,26-27,30-32,34-36H2,1-12H3,(H,64,76)(H,65,79)(H,66,77)/b25-20+/t39-,40+,41+,44?,46-,48+,53-,54-,55-,56+,57+/m0/s1. The number of nitrogens with one attached hydrogen (secondary N) is 4. The Bertz CT molecular complexity index is 2620. The first-order chi connectivity index (χ1) is 40.4. The predicted octanol–water partition coefficient (Wildman–Crippen LogP) is 6.58. The minimum absolute atomic E-state index is 0.00726. The van der Waals surface area contributed by atoms with Crippen molar-refractivity contribution >= 4 is 59.3 Å². The molecule has 1 unspecified atom stereocenters. The monoisotopic (exact) mass is 1190 g/mol.